The van der Waals surface area contributed by atoms with Gasteiger partial charge in [0.15, 0.2) is 5.75 Å². The molecule has 0 saturated carbocycles. The lowest BCUT2D eigenvalue weighted by Crippen LogP contribution is -1.93. The Morgan fingerprint density at radius 3 is 2.16 bits per heavy atom. The highest BCUT2D eigenvalue weighted by atomic mass is 16.5. The van der Waals surface area contributed by atoms with Crippen LogP contribution in [0.1, 0.15) is 0 Å². The molecule has 0 radical (unpaired) electrons. The number of ether oxygens (including phenoxy) is 2. The van der Waals surface area contributed by atoms with E-state index in [-0.39, 0.29) is 0 Å². The van der Waals surface area contributed by atoms with Gasteiger partial charge in [-0.1, -0.05) is 48.5 Å². The second kappa shape index (κ2) is 6.65. The minimum atomic E-state index is 0.732. The number of hydrogen-bond donors (Lipinski definition) is 0. The number of nitrogens with zero attached hydrogens (tertiary/aromatic N) is 1. The second-order valence-corrected chi connectivity index (χ2v) is 5.67. The Morgan fingerprint density at radius 1 is 0.720 bits per heavy atom. The van der Waals surface area contributed by atoms with Crippen LogP contribution in [-0.4, -0.2) is 12.1 Å². The molecule has 0 bridgehead atoms. The summed E-state index contributed by atoms with van der Waals surface area (Å²) in [7, 11) is 1.65. The van der Waals surface area contributed by atoms with E-state index < -0.39 is 0 Å². The average Bonchev–Trinajstić information content (AvgIpc) is 2.69. The van der Waals surface area contributed by atoms with Crippen molar-refractivity contribution in [2.75, 3.05) is 7.11 Å². The number of rotatable bonds is 4. The van der Waals surface area contributed by atoms with Crippen LogP contribution in [-0.2, 0) is 0 Å². The van der Waals surface area contributed by atoms with Gasteiger partial charge in [0.25, 0.3) is 0 Å². The number of fused-ring (bicyclic) bond motifs is 1. The zero-order valence-electron chi connectivity index (χ0n) is 13.8. The Bertz CT molecular complexity index is 995. The maximum Gasteiger partial charge on any atom is 0.154 e. The smallest absolute Gasteiger partial charge is 0.154 e. The molecule has 3 aromatic carbocycles. The molecule has 4 aromatic rings. The first-order valence-electron chi connectivity index (χ1n) is 8.10. The molecule has 122 valence electrons. The highest BCUT2D eigenvalue weighted by Crippen LogP contribution is 2.34. The first-order valence-corrected chi connectivity index (χ1v) is 8.10. The van der Waals surface area contributed by atoms with Gasteiger partial charge in [0, 0.05) is 10.9 Å². The van der Waals surface area contributed by atoms with Crippen molar-refractivity contribution in [3.05, 3.63) is 84.9 Å². The van der Waals surface area contributed by atoms with Crippen LogP contribution in [0.2, 0.25) is 0 Å². The van der Waals surface area contributed by atoms with Crippen molar-refractivity contribution in [3.8, 4) is 28.5 Å². The van der Waals surface area contributed by atoms with Crippen LogP contribution < -0.4 is 9.47 Å². The first kappa shape index (κ1) is 15.2. The van der Waals surface area contributed by atoms with Crippen molar-refractivity contribution in [2.24, 2.45) is 0 Å². The standard InChI is InChI=1S/C22H17NO2/c1-24-18-11-13-19(14-12-18)25-21-15-17-9-5-6-10-20(17)23-22(21)16-7-3-2-4-8-16/h2-15H,1H3. The van der Waals surface area contributed by atoms with E-state index in [0.717, 1.165) is 39.4 Å². The number of hydrogen-bond acceptors (Lipinski definition) is 3. The van der Waals surface area contributed by atoms with Crippen LogP contribution in [0.4, 0.5) is 0 Å². The van der Waals surface area contributed by atoms with Crippen molar-refractivity contribution in [3.63, 3.8) is 0 Å². The minimum absolute atomic E-state index is 0.732. The van der Waals surface area contributed by atoms with E-state index in [2.05, 4.69) is 0 Å². The molecule has 3 nitrogen and oxygen atoms in total. The zero-order chi connectivity index (χ0) is 17.1. The summed E-state index contributed by atoms with van der Waals surface area (Å²) in [5, 5.41) is 1.05. The fraction of sp³-hybridized carbons (Fsp3) is 0.0455. The molecule has 0 aliphatic rings. The van der Waals surface area contributed by atoms with Crippen molar-refractivity contribution in [2.45, 2.75) is 0 Å². The van der Waals surface area contributed by atoms with Crippen molar-refractivity contribution in [1.82, 2.24) is 4.98 Å². The number of para-hydroxylation sites is 1. The Hall–Kier alpha value is -3.33. The molecule has 0 saturated heterocycles. The number of methoxy groups -OCH3 is 1. The van der Waals surface area contributed by atoms with Gasteiger partial charge in [-0.25, -0.2) is 4.98 Å². The van der Waals surface area contributed by atoms with Crippen LogP contribution >= 0.6 is 0 Å². The second-order valence-electron chi connectivity index (χ2n) is 5.67. The largest absolute Gasteiger partial charge is 0.497 e. The molecule has 0 atom stereocenters. The molecule has 25 heavy (non-hydrogen) atoms. The molecule has 0 fully saturated rings. The molecule has 3 heteroatoms. The van der Waals surface area contributed by atoms with Gasteiger partial charge >= 0.3 is 0 Å². The number of benzene rings is 3. The Morgan fingerprint density at radius 2 is 1.40 bits per heavy atom. The SMILES string of the molecule is COc1ccc(Oc2cc3ccccc3nc2-c2ccccc2)cc1. The van der Waals surface area contributed by atoms with Gasteiger partial charge in [-0.2, -0.15) is 0 Å². The molecule has 0 aliphatic carbocycles. The first-order chi connectivity index (χ1) is 12.3. The van der Waals surface area contributed by atoms with Gasteiger partial charge in [0.05, 0.1) is 12.6 Å². The molecule has 4 rings (SSSR count). The topological polar surface area (TPSA) is 31.4 Å². The van der Waals surface area contributed by atoms with E-state index in [4.69, 9.17) is 14.5 Å². The summed E-state index contributed by atoms with van der Waals surface area (Å²) in [4.78, 5) is 4.83. The summed E-state index contributed by atoms with van der Waals surface area (Å²) in [6.07, 6.45) is 0. The Balaban J connectivity index is 1.82. The lowest BCUT2D eigenvalue weighted by Gasteiger charge is -2.12. The fourth-order valence-corrected chi connectivity index (χ4v) is 2.75. The lowest BCUT2D eigenvalue weighted by molar-refractivity contribution is 0.413. The summed E-state index contributed by atoms with van der Waals surface area (Å²) >= 11 is 0. The summed E-state index contributed by atoms with van der Waals surface area (Å²) in [5.41, 5.74) is 2.80. The van der Waals surface area contributed by atoms with E-state index in [9.17, 15) is 0 Å². The molecule has 1 aromatic heterocycles. The average molecular weight is 327 g/mol. The highest BCUT2D eigenvalue weighted by Gasteiger charge is 2.11. The highest BCUT2D eigenvalue weighted by molar-refractivity contribution is 5.85. The van der Waals surface area contributed by atoms with Crippen LogP contribution in [0, 0.1) is 0 Å². The summed E-state index contributed by atoms with van der Waals surface area (Å²) in [6.45, 7) is 0. The van der Waals surface area contributed by atoms with Crippen LogP contribution in [0.5, 0.6) is 17.2 Å². The van der Waals surface area contributed by atoms with E-state index in [1.165, 1.54) is 0 Å². The van der Waals surface area contributed by atoms with Crippen LogP contribution in [0.15, 0.2) is 84.9 Å². The van der Waals surface area contributed by atoms with E-state index in [1.807, 2.05) is 84.9 Å². The van der Waals surface area contributed by atoms with Gasteiger partial charge in [-0.15, -0.1) is 0 Å². The third kappa shape index (κ3) is 3.17. The molecule has 0 unspecified atom stereocenters. The number of aromatic nitrogens is 1. The Kier molecular flexibility index (Phi) is 4.05. The molecule has 0 N–H and O–H groups in total. The summed E-state index contributed by atoms with van der Waals surface area (Å²) < 4.78 is 11.4. The van der Waals surface area contributed by atoms with E-state index in [0.29, 0.717) is 0 Å². The summed E-state index contributed by atoms with van der Waals surface area (Å²) in [6, 6.07) is 27.7. The van der Waals surface area contributed by atoms with Gasteiger partial charge in [0.2, 0.25) is 0 Å². The maximum atomic E-state index is 6.15. The van der Waals surface area contributed by atoms with E-state index in [1.54, 1.807) is 7.11 Å². The molecular weight excluding hydrogens is 310 g/mol. The molecular formula is C22H17NO2. The fourth-order valence-electron chi connectivity index (χ4n) is 2.75. The van der Waals surface area contributed by atoms with Gasteiger partial charge in [0.1, 0.15) is 17.2 Å². The van der Waals surface area contributed by atoms with Gasteiger partial charge in [-0.05, 0) is 36.4 Å². The molecule has 0 amide bonds. The Labute approximate surface area is 146 Å². The predicted octanol–water partition coefficient (Wildman–Crippen LogP) is 5.70. The van der Waals surface area contributed by atoms with Crippen molar-refractivity contribution in [1.29, 1.82) is 0 Å². The molecule has 0 aliphatic heterocycles. The minimum Gasteiger partial charge on any atom is -0.497 e. The third-order valence-corrected chi connectivity index (χ3v) is 4.02. The van der Waals surface area contributed by atoms with Crippen LogP contribution in [0.25, 0.3) is 22.2 Å². The van der Waals surface area contributed by atoms with Crippen molar-refractivity contribution >= 4 is 10.9 Å². The summed E-state index contributed by atoms with van der Waals surface area (Å²) in [5.74, 6) is 2.28. The molecule has 0 spiro atoms. The van der Waals surface area contributed by atoms with Crippen LogP contribution in [0.3, 0.4) is 0 Å². The van der Waals surface area contributed by atoms with Gasteiger partial charge in [-0.3, -0.25) is 0 Å². The maximum absolute atomic E-state index is 6.15. The molecule has 1 heterocycles. The lowest BCUT2D eigenvalue weighted by atomic mass is 10.1. The van der Waals surface area contributed by atoms with Crippen molar-refractivity contribution < 1.29 is 9.47 Å². The predicted molar refractivity (Wildman–Crippen MR) is 100 cm³/mol. The van der Waals surface area contributed by atoms with E-state index >= 15 is 0 Å². The van der Waals surface area contributed by atoms with Gasteiger partial charge < -0.3 is 9.47 Å². The zero-order valence-corrected chi connectivity index (χ0v) is 13.8. The number of pyridine rings is 1. The monoisotopic (exact) mass is 327 g/mol. The quantitative estimate of drug-likeness (QED) is 0.481. The third-order valence-electron chi connectivity index (χ3n) is 4.02. The normalized spacial score (nSPS) is 10.6.